The number of pyridine rings is 1. The highest BCUT2D eigenvalue weighted by atomic mass is 16.4. The van der Waals surface area contributed by atoms with E-state index in [4.69, 9.17) is 0 Å². The van der Waals surface area contributed by atoms with Crippen LogP contribution < -0.4 is 5.43 Å². The first-order valence-electron chi connectivity index (χ1n) is 10.9. The van der Waals surface area contributed by atoms with Gasteiger partial charge in [-0.3, -0.25) is 14.7 Å². The standard InChI is InChI=1S/C24H28N4O4/c1-13(2)11-28-12-20(24(31)32)22(29)19-10-18(23(30)27-6-5-7-27)16(9-21(19)28)8-17-14(3)25-26-15(17)4/h9-10,12-13H,5-8,11H2,1-4H3,(H,25,26)(H,31,32). The van der Waals surface area contributed by atoms with Gasteiger partial charge in [0.15, 0.2) is 0 Å². The molecule has 1 aliphatic heterocycles. The maximum absolute atomic E-state index is 13.3. The minimum Gasteiger partial charge on any atom is -0.477 e. The van der Waals surface area contributed by atoms with Gasteiger partial charge in [0.1, 0.15) is 5.56 Å². The van der Waals surface area contributed by atoms with Gasteiger partial charge in [-0.15, -0.1) is 0 Å². The van der Waals surface area contributed by atoms with Crippen molar-refractivity contribution in [3.63, 3.8) is 0 Å². The normalized spacial score (nSPS) is 13.6. The molecule has 0 bridgehead atoms. The van der Waals surface area contributed by atoms with Gasteiger partial charge in [0, 0.05) is 54.5 Å². The van der Waals surface area contributed by atoms with Gasteiger partial charge in [-0.25, -0.2) is 4.79 Å². The number of benzene rings is 1. The number of rotatable bonds is 6. The molecule has 1 saturated heterocycles. The molecule has 0 aliphatic carbocycles. The number of aromatic amines is 1. The molecule has 1 amide bonds. The Balaban J connectivity index is 1.99. The number of carboxylic acid groups (broad SMARTS) is 1. The number of amides is 1. The van der Waals surface area contributed by atoms with Crippen LogP contribution in [0.3, 0.4) is 0 Å². The van der Waals surface area contributed by atoms with Crippen LogP contribution in [-0.2, 0) is 13.0 Å². The van der Waals surface area contributed by atoms with Gasteiger partial charge in [-0.1, -0.05) is 13.8 Å². The molecular formula is C24H28N4O4. The number of aromatic nitrogens is 3. The molecule has 2 N–H and O–H groups in total. The second-order valence-corrected chi connectivity index (χ2v) is 8.98. The van der Waals surface area contributed by atoms with Gasteiger partial charge in [-0.2, -0.15) is 5.10 Å². The summed E-state index contributed by atoms with van der Waals surface area (Å²) in [6.45, 7) is 9.86. The molecule has 1 aliphatic rings. The quantitative estimate of drug-likeness (QED) is 0.617. The molecule has 4 rings (SSSR count). The zero-order chi connectivity index (χ0) is 23.2. The predicted molar refractivity (Wildman–Crippen MR) is 121 cm³/mol. The summed E-state index contributed by atoms with van der Waals surface area (Å²) < 4.78 is 1.82. The van der Waals surface area contributed by atoms with Gasteiger partial charge in [-0.05, 0) is 43.9 Å². The first-order chi connectivity index (χ1) is 15.2. The fraction of sp³-hybridized carbons (Fsp3) is 0.417. The van der Waals surface area contributed by atoms with E-state index in [1.54, 1.807) is 11.0 Å². The van der Waals surface area contributed by atoms with Crippen LogP contribution in [0, 0.1) is 19.8 Å². The van der Waals surface area contributed by atoms with E-state index in [2.05, 4.69) is 10.2 Å². The largest absolute Gasteiger partial charge is 0.477 e. The second kappa shape index (κ2) is 8.26. The summed E-state index contributed by atoms with van der Waals surface area (Å²) in [5, 5.41) is 17.1. The lowest BCUT2D eigenvalue weighted by Crippen LogP contribution is -2.42. The molecule has 32 heavy (non-hydrogen) atoms. The molecule has 1 aromatic carbocycles. The summed E-state index contributed by atoms with van der Waals surface area (Å²) in [6, 6.07) is 3.48. The van der Waals surface area contributed by atoms with E-state index in [1.165, 1.54) is 6.20 Å². The molecule has 3 heterocycles. The number of nitrogens with one attached hydrogen (secondary N) is 1. The number of fused-ring (bicyclic) bond motifs is 1. The van der Waals surface area contributed by atoms with Crippen molar-refractivity contribution in [2.75, 3.05) is 13.1 Å². The zero-order valence-corrected chi connectivity index (χ0v) is 18.9. The zero-order valence-electron chi connectivity index (χ0n) is 18.9. The molecule has 8 heteroatoms. The number of likely N-dealkylation sites (tertiary alicyclic amines) is 1. The SMILES string of the molecule is Cc1n[nH]c(C)c1Cc1cc2c(cc1C(=O)N1CCC1)c(=O)c(C(=O)O)cn2CC(C)C. The van der Waals surface area contributed by atoms with Crippen LogP contribution in [0.15, 0.2) is 23.1 Å². The molecule has 0 unspecified atom stereocenters. The Morgan fingerprint density at radius 2 is 1.91 bits per heavy atom. The summed E-state index contributed by atoms with van der Waals surface area (Å²) in [4.78, 5) is 39.8. The van der Waals surface area contributed by atoms with Crippen LogP contribution in [0.1, 0.15) is 63.5 Å². The molecule has 0 saturated carbocycles. The molecule has 0 atom stereocenters. The third-order valence-corrected chi connectivity index (χ3v) is 6.12. The Bertz CT molecular complexity index is 1260. The third kappa shape index (κ3) is 3.81. The smallest absolute Gasteiger partial charge is 0.341 e. The number of nitrogens with zero attached hydrogens (tertiary/aromatic N) is 3. The van der Waals surface area contributed by atoms with Crippen molar-refractivity contribution in [2.24, 2.45) is 5.92 Å². The molecular weight excluding hydrogens is 408 g/mol. The van der Waals surface area contributed by atoms with E-state index in [0.29, 0.717) is 37.1 Å². The van der Waals surface area contributed by atoms with Crippen LogP contribution in [0.5, 0.6) is 0 Å². The number of hydrogen-bond donors (Lipinski definition) is 2. The molecule has 168 valence electrons. The Labute approximate surface area is 185 Å². The first-order valence-corrected chi connectivity index (χ1v) is 10.9. The Morgan fingerprint density at radius 1 is 1.19 bits per heavy atom. The number of aryl methyl sites for hydroxylation is 2. The van der Waals surface area contributed by atoms with E-state index < -0.39 is 11.4 Å². The van der Waals surface area contributed by atoms with E-state index >= 15 is 0 Å². The highest BCUT2D eigenvalue weighted by molar-refractivity contribution is 6.01. The Kier molecular flexibility index (Phi) is 5.62. The Hall–Kier alpha value is -3.42. The van der Waals surface area contributed by atoms with Gasteiger partial charge in [0.25, 0.3) is 5.91 Å². The van der Waals surface area contributed by atoms with Crippen molar-refractivity contribution in [2.45, 2.75) is 47.1 Å². The minimum absolute atomic E-state index is 0.123. The molecule has 1 fully saturated rings. The first kappa shape index (κ1) is 21.8. The molecule has 8 nitrogen and oxygen atoms in total. The van der Waals surface area contributed by atoms with E-state index in [-0.39, 0.29) is 22.8 Å². The van der Waals surface area contributed by atoms with Crippen molar-refractivity contribution in [1.82, 2.24) is 19.7 Å². The summed E-state index contributed by atoms with van der Waals surface area (Å²) in [5.41, 5.74) is 3.87. The summed E-state index contributed by atoms with van der Waals surface area (Å²) in [5.74, 6) is -1.15. The van der Waals surface area contributed by atoms with Crippen LogP contribution in [0.4, 0.5) is 0 Å². The molecule has 2 aromatic heterocycles. The van der Waals surface area contributed by atoms with Crippen LogP contribution in [0.25, 0.3) is 10.9 Å². The summed E-state index contributed by atoms with van der Waals surface area (Å²) >= 11 is 0. The lowest BCUT2D eigenvalue weighted by molar-refractivity contribution is 0.0649. The maximum Gasteiger partial charge on any atom is 0.341 e. The number of carbonyl (C=O) groups is 2. The second-order valence-electron chi connectivity index (χ2n) is 8.98. The van der Waals surface area contributed by atoms with Gasteiger partial charge in [0.05, 0.1) is 11.2 Å². The minimum atomic E-state index is -1.27. The fourth-order valence-electron chi connectivity index (χ4n) is 4.24. The monoisotopic (exact) mass is 436 g/mol. The Morgan fingerprint density at radius 3 is 2.44 bits per heavy atom. The van der Waals surface area contributed by atoms with E-state index in [0.717, 1.165) is 28.9 Å². The molecule has 0 spiro atoms. The van der Waals surface area contributed by atoms with E-state index in [1.807, 2.05) is 38.3 Å². The highest BCUT2D eigenvalue weighted by Crippen LogP contribution is 2.26. The van der Waals surface area contributed by atoms with Gasteiger partial charge < -0.3 is 14.6 Å². The van der Waals surface area contributed by atoms with Gasteiger partial charge >= 0.3 is 5.97 Å². The van der Waals surface area contributed by atoms with Crippen molar-refractivity contribution >= 4 is 22.8 Å². The fourth-order valence-corrected chi connectivity index (χ4v) is 4.24. The summed E-state index contributed by atoms with van der Waals surface area (Å²) in [7, 11) is 0. The predicted octanol–water partition coefficient (Wildman–Crippen LogP) is 3.13. The van der Waals surface area contributed by atoms with Crippen LogP contribution >= 0.6 is 0 Å². The lowest BCUT2D eigenvalue weighted by Gasteiger charge is -2.31. The number of hydrogen-bond acceptors (Lipinski definition) is 4. The highest BCUT2D eigenvalue weighted by Gasteiger charge is 2.26. The van der Waals surface area contributed by atoms with Crippen molar-refractivity contribution in [1.29, 1.82) is 0 Å². The van der Waals surface area contributed by atoms with Gasteiger partial charge in [0.2, 0.25) is 5.43 Å². The lowest BCUT2D eigenvalue weighted by atomic mass is 9.94. The molecule has 3 aromatic rings. The maximum atomic E-state index is 13.3. The summed E-state index contributed by atoms with van der Waals surface area (Å²) in [6.07, 6.45) is 2.87. The molecule has 0 radical (unpaired) electrons. The number of carbonyl (C=O) groups excluding carboxylic acids is 1. The topological polar surface area (TPSA) is 108 Å². The number of carboxylic acids is 1. The van der Waals surface area contributed by atoms with Crippen molar-refractivity contribution in [3.05, 3.63) is 62.2 Å². The van der Waals surface area contributed by atoms with E-state index in [9.17, 15) is 19.5 Å². The van der Waals surface area contributed by atoms with Crippen molar-refractivity contribution < 1.29 is 14.7 Å². The third-order valence-electron chi connectivity index (χ3n) is 6.12. The average Bonchev–Trinajstić information content (AvgIpc) is 2.99. The van der Waals surface area contributed by atoms with Crippen LogP contribution in [-0.4, -0.2) is 49.7 Å². The number of H-pyrrole nitrogens is 1. The average molecular weight is 437 g/mol. The van der Waals surface area contributed by atoms with Crippen LogP contribution in [0.2, 0.25) is 0 Å². The van der Waals surface area contributed by atoms with Crippen molar-refractivity contribution in [3.8, 4) is 0 Å². The number of aromatic carboxylic acids is 1.